The molecule has 1 aliphatic heterocycles. The zero-order valence-electron chi connectivity index (χ0n) is 9.92. The van der Waals surface area contributed by atoms with Gasteiger partial charge in [0.25, 0.3) is 0 Å². The number of carbonyl (C=O) groups excluding carboxylic acids is 1. The molecule has 0 bridgehead atoms. The lowest BCUT2D eigenvalue weighted by molar-refractivity contribution is -0.236. The molecule has 8 nitrogen and oxygen atoms in total. The smallest absolute Gasteiger partial charge is 0.168 e. The maximum atomic E-state index is 11.7. The van der Waals surface area contributed by atoms with Crippen molar-refractivity contribution in [3.05, 3.63) is 10.4 Å². The Labute approximate surface area is 109 Å². The first-order valence-corrected chi connectivity index (χ1v) is 5.63. The Bertz CT molecular complexity index is 375. The zero-order chi connectivity index (χ0) is 13.9. The number of Topliss-reactive ketones (excluding diaryl/α,β-unsaturated/α-hetero) is 1. The minimum absolute atomic E-state index is 0.500. The van der Waals surface area contributed by atoms with E-state index >= 15 is 0 Å². The topological polar surface area (TPSA) is 125 Å². The largest absolute Gasteiger partial charge is 0.394 e. The lowest BCUT2D eigenvalue weighted by atomic mass is 9.83. The van der Waals surface area contributed by atoms with Gasteiger partial charge in [0.1, 0.15) is 28.8 Å². The molecule has 102 valence electrons. The van der Waals surface area contributed by atoms with Crippen LogP contribution in [0.3, 0.4) is 0 Å². The number of aliphatic hydroxyl groups excluding tert-OH is 2. The molecule has 18 heavy (non-hydrogen) atoms. The van der Waals surface area contributed by atoms with Gasteiger partial charge in [-0.15, -0.1) is 0 Å². The predicted molar refractivity (Wildman–Crippen MR) is 64.1 cm³/mol. The molecule has 0 aromatic heterocycles. The summed E-state index contributed by atoms with van der Waals surface area (Å²) in [6.07, 6.45) is -3.52. The summed E-state index contributed by atoms with van der Waals surface area (Å²) in [6.45, 7) is 0.697. The molecule has 0 aromatic carbocycles. The summed E-state index contributed by atoms with van der Waals surface area (Å²) in [5, 5.41) is 22.6. The first-order valence-electron chi connectivity index (χ1n) is 5.18. The van der Waals surface area contributed by atoms with Crippen molar-refractivity contribution >= 4 is 18.4 Å². The SMILES string of the molecule is COC1OC(CO)C(O)C(S)(C(C)=O)C1N=[N+]=[N-]. The van der Waals surface area contributed by atoms with Gasteiger partial charge in [0, 0.05) is 12.0 Å². The number of hydrogen-bond donors (Lipinski definition) is 3. The third kappa shape index (κ3) is 2.33. The van der Waals surface area contributed by atoms with Crippen LogP contribution in [0.4, 0.5) is 0 Å². The third-order valence-electron chi connectivity index (χ3n) is 2.97. The van der Waals surface area contributed by atoms with Crippen molar-refractivity contribution in [3.8, 4) is 0 Å². The van der Waals surface area contributed by atoms with Gasteiger partial charge < -0.3 is 19.7 Å². The Morgan fingerprint density at radius 1 is 1.72 bits per heavy atom. The average Bonchev–Trinajstić information content (AvgIpc) is 2.35. The van der Waals surface area contributed by atoms with E-state index in [2.05, 4.69) is 22.7 Å². The van der Waals surface area contributed by atoms with E-state index in [1.807, 2.05) is 0 Å². The quantitative estimate of drug-likeness (QED) is 0.280. The van der Waals surface area contributed by atoms with Crippen LogP contribution in [-0.2, 0) is 14.3 Å². The van der Waals surface area contributed by atoms with Crippen LogP contribution in [0.2, 0.25) is 0 Å². The minimum atomic E-state index is -1.67. The molecule has 1 rings (SSSR count). The van der Waals surface area contributed by atoms with Gasteiger partial charge >= 0.3 is 0 Å². The molecule has 1 fully saturated rings. The predicted octanol–water partition coefficient (Wildman–Crippen LogP) is -0.353. The van der Waals surface area contributed by atoms with Gasteiger partial charge in [-0.2, -0.15) is 12.6 Å². The van der Waals surface area contributed by atoms with Crippen LogP contribution in [0.5, 0.6) is 0 Å². The van der Waals surface area contributed by atoms with Crippen molar-refractivity contribution in [2.45, 2.75) is 36.2 Å². The lowest BCUT2D eigenvalue weighted by Crippen LogP contribution is -2.66. The standard InChI is InChI=1S/C9H15N3O5S/c1-4(14)9(18)6(11-12-10)8(16-2)17-5(3-13)7(9)15/h5-8,13,15,18H,3H2,1-2H3. The molecule has 0 spiro atoms. The van der Waals surface area contributed by atoms with Gasteiger partial charge in [-0.25, -0.2) is 0 Å². The molecule has 0 radical (unpaired) electrons. The first kappa shape index (κ1) is 15.2. The fourth-order valence-corrected chi connectivity index (χ4v) is 2.27. The second-order valence-electron chi connectivity index (χ2n) is 3.94. The van der Waals surface area contributed by atoms with Crippen LogP contribution in [0.15, 0.2) is 5.11 Å². The molecular weight excluding hydrogens is 262 g/mol. The van der Waals surface area contributed by atoms with Crippen LogP contribution in [0.1, 0.15) is 6.92 Å². The molecule has 2 N–H and O–H groups in total. The van der Waals surface area contributed by atoms with Crippen molar-refractivity contribution < 1.29 is 24.5 Å². The molecule has 0 amide bonds. The fraction of sp³-hybridized carbons (Fsp3) is 0.889. The highest BCUT2D eigenvalue weighted by atomic mass is 32.1. The maximum Gasteiger partial charge on any atom is 0.168 e. The van der Waals surface area contributed by atoms with E-state index in [1.165, 1.54) is 14.0 Å². The Morgan fingerprint density at radius 3 is 2.72 bits per heavy atom. The van der Waals surface area contributed by atoms with Crippen LogP contribution < -0.4 is 0 Å². The van der Waals surface area contributed by atoms with Gasteiger partial charge in [0.15, 0.2) is 6.29 Å². The van der Waals surface area contributed by atoms with Crippen molar-refractivity contribution in [2.24, 2.45) is 5.11 Å². The Morgan fingerprint density at radius 2 is 2.33 bits per heavy atom. The van der Waals surface area contributed by atoms with Gasteiger partial charge in [0.2, 0.25) is 0 Å². The van der Waals surface area contributed by atoms with Gasteiger partial charge in [0.05, 0.1) is 6.61 Å². The van der Waals surface area contributed by atoms with E-state index in [-0.39, 0.29) is 0 Å². The van der Waals surface area contributed by atoms with E-state index in [0.29, 0.717) is 0 Å². The average molecular weight is 277 g/mol. The van der Waals surface area contributed by atoms with E-state index in [0.717, 1.165) is 0 Å². The molecule has 0 aromatic rings. The Hall–Kier alpha value is -0.830. The highest BCUT2D eigenvalue weighted by Gasteiger charge is 2.57. The van der Waals surface area contributed by atoms with Crippen molar-refractivity contribution in [1.82, 2.24) is 0 Å². The summed E-state index contributed by atoms with van der Waals surface area (Å²) >= 11 is 4.16. The number of ketones is 1. The molecule has 1 aliphatic rings. The summed E-state index contributed by atoms with van der Waals surface area (Å²) in [6, 6.07) is -1.13. The lowest BCUT2D eigenvalue weighted by Gasteiger charge is -2.47. The van der Waals surface area contributed by atoms with E-state index in [9.17, 15) is 9.90 Å². The number of aliphatic hydroxyl groups is 2. The zero-order valence-corrected chi connectivity index (χ0v) is 10.8. The van der Waals surface area contributed by atoms with Crippen LogP contribution in [-0.4, -0.2) is 59.0 Å². The molecule has 5 atom stereocenters. The molecule has 1 heterocycles. The number of thiol groups is 1. The number of hydrogen-bond acceptors (Lipinski definition) is 7. The van der Waals surface area contributed by atoms with E-state index in [1.54, 1.807) is 0 Å². The Kier molecular flexibility index (Phi) is 4.97. The number of carbonyl (C=O) groups is 1. The molecule has 9 heteroatoms. The van der Waals surface area contributed by atoms with Crippen molar-refractivity contribution in [2.75, 3.05) is 13.7 Å². The summed E-state index contributed by atoms with van der Waals surface area (Å²) < 4.78 is 8.52. The van der Waals surface area contributed by atoms with Crippen molar-refractivity contribution in [3.63, 3.8) is 0 Å². The highest BCUT2D eigenvalue weighted by molar-refractivity contribution is 7.83. The number of rotatable bonds is 4. The van der Waals surface area contributed by atoms with Gasteiger partial charge in [-0.3, -0.25) is 4.79 Å². The number of azide groups is 1. The summed E-state index contributed by atoms with van der Waals surface area (Å²) in [4.78, 5) is 14.3. The second kappa shape index (κ2) is 5.87. The van der Waals surface area contributed by atoms with Gasteiger partial charge in [-0.05, 0) is 12.5 Å². The van der Waals surface area contributed by atoms with Crippen LogP contribution in [0, 0.1) is 0 Å². The summed E-state index contributed by atoms with van der Waals surface area (Å²) in [5.41, 5.74) is 8.53. The van der Waals surface area contributed by atoms with E-state index in [4.69, 9.17) is 20.1 Å². The van der Waals surface area contributed by atoms with Crippen LogP contribution in [0.25, 0.3) is 10.4 Å². The van der Waals surface area contributed by atoms with E-state index < -0.39 is 41.7 Å². The number of methoxy groups -OCH3 is 1. The minimum Gasteiger partial charge on any atom is -0.394 e. The molecule has 1 saturated heterocycles. The van der Waals surface area contributed by atoms with Gasteiger partial charge in [-0.1, -0.05) is 5.11 Å². The summed E-state index contributed by atoms with van der Waals surface area (Å²) in [7, 11) is 1.30. The molecule has 5 unspecified atom stereocenters. The fourth-order valence-electron chi connectivity index (χ4n) is 1.93. The normalized spacial score (nSPS) is 40.1. The summed E-state index contributed by atoms with van der Waals surface area (Å²) in [5.74, 6) is -0.500. The highest BCUT2D eigenvalue weighted by Crippen LogP contribution is 2.38. The third-order valence-corrected chi connectivity index (χ3v) is 3.82. The number of nitrogens with zero attached hydrogens (tertiary/aromatic N) is 3. The number of ether oxygens (including phenoxy) is 2. The monoisotopic (exact) mass is 277 g/mol. The molecular formula is C9H15N3O5S. The second-order valence-corrected chi connectivity index (χ2v) is 4.68. The molecule has 0 saturated carbocycles. The van der Waals surface area contributed by atoms with Crippen molar-refractivity contribution in [1.29, 1.82) is 0 Å². The first-order chi connectivity index (χ1) is 8.43. The maximum absolute atomic E-state index is 11.7. The van der Waals surface area contributed by atoms with Crippen LogP contribution >= 0.6 is 12.6 Å². The Balaban J connectivity index is 3.25. The molecule has 0 aliphatic carbocycles.